The summed E-state index contributed by atoms with van der Waals surface area (Å²) in [6.07, 6.45) is 9.11. The first-order chi connectivity index (χ1) is 18.6. The van der Waals surface area contributed by atoms with Gasteiger partial charge in [-0.25, -0.2) is 0 Å². The molecular formula is C36H26OS. The van der Waals surface area contributed by atoms with E-state index in [9.17, 15) is 0 Å². The highest BCUT2D eigenvalue weighted by atomic mass is 32.2. The van der Waals surface area contributed by atoms with Crippen molar-refractivity contribution in [2.45, 2.75) is 16.9 Å². The van der Waals surface area contributed by atoms with E-state index in [-0.39, 0.29) is 22.5 Å². The van der Waals surface area contributed by atoms with Gasteiger partial charge >= 0.3 is 0 Å². The highest BCUT2D eigenvalue weighted by Crippen LogP contribution is 2.46. The van der Waals surface area contributed by atoms with Crippen LogP contribution in [0.3, 0.4) is 0 Å². The first-order valence-corrected chi connectivity index (χ1v) is 14.9. The van der Waals surface area contributed by atoms with Gasteiger partial charge in [0.25, 0.3) is 0 Å². The molecule has 38 heavy (non-hydrogen) atoms. The van der Waals surface area contributed by atoms with E-state index in [1.54, 1.807) is 0 Å². The third-order valence-electron chi connectivity index (χ3n) is 8.22. The van der Waals surface area contributed by atoms with Gasteiger partial charge in [-0.05, 0) is 91.2 Å². The van der Waals surface area contributed by atoms with Crippen LogP contribution in [0.5, 0.6) is 5.75 Å². The summed E-state index contributed by atoms with van der Waals surface area (Å²) in [7, 11) is -0.0122. The van der Waals surface area contributed by atoms with Crippen molar-refractivity contribution in [3.63, 3.8) is 0 Å². The molecule has 2 heteroatoms. The van der Waals surface area contributed by atoms with Crippen molar-refractivity contribution in [2.24, 2.45) is 0 Å². The fraction of sp³-hybridized carbons (Fsp3) is 0.0833. The normalized spacial score (nSPS) is 18.9. The van der Waals surface area contributed by atoms with Crippen LogP contribution in [0.1, 0.15) is 17.0 Å². The Kier molecular flexibility index (Phi) is 4.71. The molecule has 1 nitrogen and oxygen atoms in total. The van der Waals surface area contributed by atoms with Crippen molar-refractivity contribution in [2.75, 3.05) is 6.26 Å². The Hall–Kier alpha value is -4.14. The number of benzene rings is 6. The Morgan fingerprint density at radius 2 is 1.47 bits per heavy atom. The number of hydrogen-bond donors (Lipinski definition) is 0. The number of ether oxygens (including phenoxy) is 1. The van der Waals surface area contributed by atoms with E-state index in [1.165, 1.54) is 65.0 Å². The summed E-state index contributed by atoms with van der Waals surface area (Å²) < 4.78 is 6.39. The lowest BCUT2D eigenvalue weighted by Crippen LogP contribution is -2.17. The molecule has 0 fully saturated rings. The van der Waals surface area contributed by atoms with Gasteiger partial charge in [-0.1, -0.05) is 90.8 Å². The molecule has 2 aliphatic rings. The second-order valence-corrected chi connectivity index (χ2v) is 12.2. The standard InChI is InChI=1S/C36H26OS/c1-38(2)28-8-4-7-25(19-28)26-13-17-33-31(20-26)32-21-27(14-18-34(32)37-33)29-15-11-24-10-9-22-5-3-6-23-12-16-30(29)36(24)35(22)23/h3-21,32,34H,1H2,2H3. The second kappa shape index (κ2) is 8.18. The van der Waals surface area contributed by atoms with Crippen LogP contribution < -0.4 is 4.74 Å². The minimum atomic E-state index is -0.0122. The minimum Gasteiger partial charge on any atom is -0.485 e. The largest absolute Gasteiger partial charge is 0.485 e. The molecule has 0 radical (unpaired) electrons. The molecule has 0 saturated heterocycles. The molecule has 3 atom stereocenters. The van der Waals surface area contributed by atoms with Crippen LogP contribution >= 0.6 is 10.5 Å². The molecule has 6 aromatic carbocycles. The average molecular weight is 507 g/mol. The monoisotopic (exact) mass is 506 g/mol. The van der Waals surface area contributed by atoms with Crippen molar-refractivity contribution in [3.05, 3.63) is 126 Å². The topological polar surface area (TPSA) is 9.23 Å². The predicted molar refractivity (Wildman–Crippen MR) is 165 cm³/mol. The van der Waals surface area contributed by atoms with Crippen molar-refractivity contribution in [3.8, 4) is 16.9 Å². The maximum Gasteiger partial charge on any atom is 0.128 e. The van der Waals surface area contributed by atoms with Gasteiger partial charge in [-0.2, -0.15) is 10.5 Å². The molecule has 6 aromatic rings. The van der Waals surface area contributed by atoms with Crippen LogP contribution in [0, 0.1) is 0 Å². The first kappa shape index (κ1) is 21.9. The molecule has 0 saturated carbocycles. The second-order valence-electron chi connectivity index (χ2n) is 10.5. The van der Waals surface area contributed by atoms with Crippen LogP contribution in [0.25, 0.3) is 49.0 Å². The van der Waals surface area contributed by atoms with Crippen LogP contribution in [-0.2, 0) is 0 Å². The fourth-order valence-corrected chi connectivity index (χ4v) is 6.98. The van der Waals surface area contributed by atoms with E-state index in [1.807, 2.05) is 0 Å². The number of fused-ring (bicyclic) bond motifs is 3. The molecule has 0 amide bonds. The zero-order chi connectivity index (χ0) is 25.4. The number of allylic oxidation sites excluding steroid dienone is 2. The van der Waals surface area contributed by atoms with Crippen LogP contribution in [0.15, 0.2) is 120 Å². The minimum absolute atomic E-state index is 0.0122. The van der Waals surface area contributed by atoms with Gasteiger partial charge in [-0.15, -0.1) is 0 Å². The van der Waals surface area contributed by atoms with E-state index in [2.05, 4.69) is 127 Å². The molecule has 182 valence electrons. The zero-order valence-electron chi connectivity index (χ0n) is 21.1. The van der Waals surface area contributed by atoms with E-state index in [0.29, 0.717) is 0 Å². The maximum absolute atomic E-state index is 6.39. The summed E-state index contributed by atoms with van der Waals surface area (Å²) in [6.45, 7) is 0. The molecule has 0 aromatic heterocycles. The SMILES string of the molecule is C=S(C)c1cccc(-c2ccc3c(c2)C2C=C(c4ccc5ccc6cccc7ccc4c5c67)C=CC2O3)c1. The third kappa shape index (κ3) is 3.23. The maximum atomic E-state index is 6.39. The van der Waals surface area contributed by atoms with E-state index < -0.39 is 0 Å². The molecule has 0 spiro atoms. The first-order valence-electron chi connectivity index (χ1n) is 13.1. The van der Waals surface area contributed by atoms with E-state index in [0.717, 1.165) is 5.75 Å². The molecule has 1 aliphatic heterocycles. The molecule has 0 bridgehead atoms. The van der Waals surface area contributed by atoms with Gasteiger partial charge in [0, 0.05) is 16.4 Å². The Bertz CT molecular complexity index is 1980. The van der Waals surface area contributed by atoms with Gasteiger partial charge in [0.15, 0.2) is 0 Å². The summed E-state index contributed by atoms with van der Waals surface area (Å²) >= 11 is 0. The van der Waals surface area contributed by atoms with Crippen molar-refractivity contribution in [1.29, 1.82) is 0 Å². The van der Waals surface area contributed by atoms with Crippen molar-refractivity contribution >= 4 is 54.2 Å². The smallest absolute Gasteiger partial charge is 0.128 e. The van der Waals surface area contributed by atoms with E-state index in [4.69, 9.17) is 4.74 Å². The highest BCUT2D eigenvalue weighted by molar-refractivity contribution is 8.13. The lowest BCUT2D eigenvalue weighted by atomic mass is 9.83. The van der Waals surface area contributed by atoms with E-state index >= 15 is 0 Å². The van der Waals surface area contributed by atoms with Gasteiger partial charge in [0.05, 0.1) is 0 Å². The molecule has 3 unspecified atom stereocenters. The quantitative estimate of drug-likeness (QED) is 0.172. The molecular weight excluding hydrogens is 480 g/mol. The Balaban J connectivity index is 1.26. The molecule has 8 rings (SSSR count). The number of rotatable bonds is 3. The summed E-state index contributed by atoms with van der Waals surface area (Å²) in [5.41, 5.74) is 6.28. The Morgan fingerprint density at radius 3 is 2.32 bits per heavy atom. The summed E-state index contributed by atoms with van der Waals surface area (Å²) in [6, 6.07) is 35.6. The van der Waals surface area contributed by atoms with Gasteiger partial charge < -0.3 is 4.74 Å². The summed E-state index contributed by atoms with van der Waals surface area (Å²) in [4.78, 5) is 1.29. The lowest BCUT2D eigenvalue weighted by molar-refractivity contribution is 0.269. The van der Waals surface area contributed by atoms with Gasteiger partial charge in [0.1, 0.15) is 11.9 Å². The average Bonchev–Trinajstić information content (AvgIpc) is 3.33. The molecule has 1 heterocycles. The fourth-order valence-electron chi connectivity index (χ4n) is 6.34. The third-order valence-corrected chi connectivity index (χ3v) is 9.28. The lowest BCUT2D eigenvalue weighted by Gasteiger charge is -2.20. The van der Waals surface area contributed by atoms with Crippen molar-refractivity contribution < 1.29 is 4.74 Å². The van der Waals surface area contributed by atoms with Gasteiger partial charge in [0.2, 0.25) is 0 Å². The predicted octanol–water partition coefficient (Wildman–Crippen LogP) is 9.44. The van der Waals surface area contributed by atoms with Crippen LogP contribution in [0.4, 0.5) is 0 Å². The summed E-state index contributed by atoms with van der Waals surface area (Å²) in [5.74, 6) is 5.42. The van der Waals surface area contributed by atoms with Crippen LogP contribution in [-0.4, -0.2) is 18.2 Å². The Morgan fingerprint density at radius 1 is 0.737 bits per heavy atom. The molecule has 1 aliphatic carbocycles. The van der Waals surface area contributed by atoms with Crippen molar-refractivity contribution in [1.82, 2.24) is 0 Å². The number of hydrogen-bond acceptors (Lipinski definition) is 1. The summed E-state index contributed by atoms with van der Waals surface area (Å²) in [5, 5.41) is 7.93. The zero-order valence-corrected chi connectivity index (χ0v) is 22.0. The van der Waals surface area contributed by atoms with Crippen LogP contribution in [0.2, 0.25) is 0 Å². The molecule has 0 N–H and O–H groups in total. The Labute approximate surface area is 225 Å². The van der Waals surface area contributed by atoms with Gasteiger partial charge in [-0.3, -0.25) is 0 Å². The highest BCUT2D eigenvalue weighted by Gasteiger charge is 2.34.